The first-order valence-electron chi connectivity index (χ1n) is 6.85. The predicted octanol–water partition coefficient (Wildman–Crippen LogP) is 1.52. The van der Waals surface area contributed by atoms with Gasteiger partial charge in [-0.3, -0.25) is 14.9 Å². The van der Waals surface area contributed by atoms with E-state index in [1.807, 2.05) is 0 Å². The second kappa shape index (κ2) is 6.28. The molecule has 1 saturated heterocycles. The Balaban J connectivity index is 2.16. The van der Waals surface area contributed by atoms with Gasteiger partial charge in [-0.15, -0.1) is 22.7 Å². The Labute approximate surface area is 145 Å². The monoisotopic (exact) mass is 387 g/mol. The molecule has 0 amide bonds. The molecular weight excluding hydrogens is 374 g/mol. The second-order valence-electron chi connectivity index (χ2n) is 5.26. The first-order chi connectivity index (χ1) is 11.3. The molecular formula is C14H13NO6S3. The number of carboxylic acids is 2. The smallest absolute Gasteiger partial charge is 0.323 e. The van der Waals surface area contributed by atoms with E-state index in [4.69, 9.17) is 0 Å². The summed E-state index contributed by atoms with van der Waals surface area (Å²) in [4.78, 5) is 24.3. The van der Waals surface area contributed by atoms with Gasteiger partial charge in [0.05, 0.1) is 12.1 Å². The van der Waals surface area contributed by atoms with Gasteiger partial charge in [0.1, 0.15) is 0 Å². The molecule has 0 saturated carbocycles. The lowest BCUT2D eigenvalue weighted by atomic mass is 10.1. The summed E-state index contributed by atoms with van der Waals surface area (Å²) in [6.45, 7) is 0. The molecule has 128 valence electrons. The zero-order chi connectivity index (χ0) is 17.5. The maximum atomic E-state index is 12.8. The summed E-state index contributed by atoms with van der Waals surface area (Å²) in [5.74, 6) is -3.12. The van der Waals surface area contributed by atoms with Crippen molar-refractivity contribution in [2.24, 2.45) is 0 Å². The molecule has 0 aromatic carbocycles. The van der Waals surface area contributed by atoms with Crippen LogP contribution in [0.5, 0.6) is 0 Å². The van der Waals surface area contributed by atoms with Crippen molar-refractivity contribution in [1.82, 2.24) is 5.32 Å². The molecule has 0 bridgehead atoms. The Morgan fingerprint density at radius 3 is 1.62 bits per heavy atom. The quantitative estimate of drug-likeness (QED) is 0.727. The number of sulfone groups is 1. The Bertz CT molecular complexity index is 779. The highest BCUT2D eigenvalue weighted by Crippen LogP contribution is 2.40. The van der Waals surface area contributed by atoms with Gasteiger partial charge in [0.15, 0.2) is 20.3 Å². The summed E-state index contributed by atoms with van der Waals surface area (Å²) >= 11 is 2.45. The van der Waals surface area contributed by atoms with Crippen molar-refractivity contribution in [3.63, 3.8) is 0 Å². The molecule has 10 heteroatoms. The van der Waals surface area contributed by atoms with Crippen LogP contribution in [0, 0.1) is 0 Å². The Morgan fingerprint density at radius 1 is 0.917 bits per heavy atom. The zero-order valence-corrected chi connectivity index (χ0v) is 14.5. The van der Waals surface area contributed by atoms with E-state index in [1.54, 1.807) is 35.0 Å². The number of thiophene rings is 2. The Hall–Kier alpha value is -1.75. The van der Waals surface area contributed by atoms with Gasteiger partial charge < -0.3 is 10.2 Å². The average molecular weight is 387 g/mol. The van der Waals surface area contributed by atoms with Gasteiger partial charge >= 0.3 is 11.9 Å². The van der Waals surface area contributed by atoms with Crippen LogP contribution in [-0.4, -0.2) is 41.1 Å². The first-order valence-corrected chi connectivity index (χ1v) is 10.2. The zero-order valence-electron chi connectivity index (χ0n) is 12.0. The molecule has 0 radical (unpaired) electrons. The van der Waals surface area contributed by atoms with E-state index < -0.39 is 44.4 Å². The largest absolute Gasteiger partial charge is 0.480 e. The molecule has 1 aliphatic heterocycles. The summed E-state index contributed by atoms with van der Waals surface area (Å²) in [5.41, 5.74) is 0. The SMILES string of the molecule is O=C(O)[C@@H]1[C@H](c2cccs2)N[C@@H](c2cccs2)[C@@H](C(=O)O)S1(=O)=O. The summed E-state index contributed by atoms with van der Waals surface area (Å²) in [6, 6.07) is 4.65. The van der Waals surface area contributed by atoms with Gasteiger partial charge in [0, 0.05) is 9.75 Å². The van der Waals surface area contributed by atoms with Gasteiger partial charge in [-0.05, 0) is 22.9 Å². The van der Waals surface area contributed by atoms with E-state index in [9.17, 15) is 28.2 Å². The van der Waals surface area contributed by atoms with Crippen molar-refractivity contribution in [1.29, 1.82) is 0 Å². The molecule has 7 nitrogen and oxygen atoms in total. The summed E-state index contributed by atoms with van der Waals surface area (Å²) < 4.78 is 25.6. The van der Waals surface area contributed by atoms with Gasteiger partial charge in [0.25, 0.3) is 0 Å². The summed E-state index contributed by atoms with van der Waals surface area (Å²) in [6.07, 6.45) is 0. The third-order valence-electron chi connectivity index (χ3n) is 3.86. The molecule has 3 heterocycles. The second-order valence-corrected chi connectivity index (χ2v) is 9.41. The van der Waals surface area contributed by atoms with Crippen LogP contribution in [0.25, 0.3) is 0 Å². The minimum Gasteiger partial charge on any atom is -0.480 e. The van der Waals surface area contributed by atoms with E-state index in [0.717, 1.165) is 0 Å². The molecule has 3 N–H and O–H groups in total. The normalized spacial score (nSPS) is 29.2. The fourth-order valence-electron chi connectivity index (χ4n) is 2.87. The van der Waals surface area contributed by atoms with Crippen molar-refractivity contribution >= 4 is 44.4 Å². The van der Waals surface area contributed by atoms with Crippen LogP contribution in [0.1, 0.15) is 21.8 Å². The number of carbonyl (C=O) groups is 2. The Kier molecular flexibility index (Phi) is 4.47. The molecule has 3 rings (SSSR count). The first kappa shape index (κ1) is 17.1. The van der Waals surface area contributed by atoms with Gasteiger partial charge in [-0.1, -0.05) is 12.1 Å². The number of hydrogen-bond acceptors (Lipinski definition) is 7. The van der Waals surface area contributed by atoms with Crippen LogP contribution >= 0.6 is 22.7 Å². The summed E-state index contributed by atoms with van der Waals surface area (Å²) in [5, 5.41) is 21.6. The molecule has 1 aliphatic rings. The third-order valence-corrected chi connectivity index (χ3v) is 8.13. The third kappa shape index (κ3) is 2.75. The number of rotatable bonds is 4. The number of nitrogens with one attached hydrogen (secondary N) is 1. The maximum Gasteiger partial charge on any atom is 0.323 e. The fourth-order valence-corrected chi connectivity index (χ4v) is 6.77. The lowest BCUT2D eigenvalue weighted by Gasteiger charge is -2.38. The molecule has 24 heavy (non-hydrogen) atoms. The van der Waals surface area contributed by atoms with E-state index in [-0.39, 0.29) is 0 Å². The van der Waals surface area contributed by atoms with Gasteiger partial charge in [0.2, 0.25) is 0 Å². The topological polar surface area (TPSA) is 121 Å². The lowest BCUT2D eigenvalue weighted by molar-refractivity contribution is -0.138. The van der Waals surface area contributed by atoms with Crippen LogP contribution in [0.3, 0.4) is 0 Å². The highest BCUT2D eigenvalue weighted by atomic mass is 32.2. The van der Waals surface area contributed by atoms with Crippen LogP contribution in [0.2, 0.25) is 0 Å². The van der Waals surface area contributed by atoms with E-state index >= 15 is 0 Å². The van der Waals surface area contributed by atoms with E-state index in [1.165, 1.54) is 22.7 Å². The molecule has 0 aliphatic carbocycles. The molecule has 0 spiro atoms. The van der Waals surface area contributed by atoms with Crippen molar-refractivity contribution in [3.8, 4) is 0 Å². The van der Waals surface area contributed by atoms with E-state index in [0.29, 0.717) is 9.75 Å². The minimum absolute atomic E-state index is 0.538. The minimum atomic E-state index is -4.46. The standard InChI is InChI=1S/C14H13NO6S3/c16-13(17)11-9(7-3-1-5-22-7)15-10(8-4-2-6-23-8)12(14(18)19)24(11,20)21/h1-6,9-12,15H,(H,16,17)(H,18,19)/t9-,10-,11-,12-/m0/s1. The van der Waals surface area contributed by atoms with Gasteiger partial charge in [-0.2, -0.15) is 0 Å². The highest BCUT2D eigenvalue weighted by Gasteiger charge is 2.56. The maximum absolute atomic E-state index is 12.8. The van der Waals surface area contributed by atoms with Crippen molar-refractivity contribution in [2.75, 3.05) is 0 Å². The number of hydrogen-bond donors (Lipinski definition) is 3. The molecule has 2 aromatic heterocycles. The van der Waals surface area contributed by atoms with Gasteiger partial charge in [-0.25, -0.2) is 8.42 Å². The summed E-state index contributed by atoms with van der Waals surface area (Å²) in [7, 11) is -4.46. The van der Waals surface area contributed by atoms with Crippen LogP contribution in [0.4, 0.5) is 0 Å². The number of carboxylic acid groups (broad SMARTS) is 2. The van der Waals surface area contributed by atoms with Crippen LogP contribution in [-0.2, 0) is 19.4 Å². The fraction of sp³-hybridized carbons (Fsp3) is 0.286. The van der Waals surface area contributed by atoms with Crippen molar-refractivity contribution in [3.05, 3.63) is 44.8 Å². The molecule has 1 fully saturated rings. The predicted molar refractivity (Wildman–Crippen MR) is 89.0 cm³/mol. The molecule has 0 unspecified atom stereocenters. The lowest BCUT2D eigenvalue weighted by Crippen LogP contribution is -2.58. The van der Waals surface area contributed by atoms with Crippen molar-refractivity contribution in [2.45, 2.75) is 22.6 Å². The highest BCUT2D eigenvalue weighted by molar-refractivity contribution is 7.94. The molecule has 4 atom stereocenters. The Morgan fingerprint density at radius 2 is 1.33 bits per heavy atom. The molecule has 2 aromatic rings. The number of aliphatic carboxylic acids is 2. The van der Waals surface area contributed by atoms with Crippen LogP contribution < -0.4 is 5.32 Å². The average Bonchev–Trinajstić information content (AvgIpc) is 3.17. The van der Waals surface area contributed by atoms with Crippen molar-refractivity contribution < 1.29 is 28.2 Å². The van der Waals surface area contributed by atoms with Crippen LogP contribution in [0.15, 0.2) is 35.0 Å². The van der Waals surface area contributed by atoms with E-state index in [2.05, 4.69) is 5.32 Å².